The van der Waals surface area contributed by atoms with Gasteiger partial charge in [-0.05, 0) is 49.5 Å². The fourth-order valence-electron chi connectivity index (χ4n) is 2.66. The quantitative estimate of drug-likeness (QED) is 0.384. The van der Waals surface area contributed by atoms with Crippen LogP contribution in [-0.4, -0.2) is 44.8 Å². The van der Waals surface area contributed by atoms with Crippen molar-refractivity contribution < 1.29 is 22.3 Å². The van der Waals surface area contributed by atoms with E-state index >= 15 is 0 Å². The van der Waals surface area contributed by atoms with Crippen molar-refractivity contribution in [3.8, 4) is 5.75 Å². The van der Waals surface area contributed by atoms with Crippen molar-refractivity contribution in [2.45, 2.75) is 25.8 Å². The number of aliphatic imine (C=N–C) groups is 1. The van der Waals surface area contributed by atoms with Gasteiger partial charge in [-0.2, -0.15) is 13.2 Å². The molecule has 0 unspecified atom stereocenters. The summed E-state index contributed by atoms with van der Waals surface area (Å²) in [6.07, 6.45) is -4.36. The van der Waals surface area contributed by atoms with Gasteiger partial charge in [0.1, 0.15) is 11.6 Å². The molecule has 2 rings (SSSR count). The van der Waals surface area contributed by atoms with E-state index in [4.69, 9.17) is 4.74 Å². The Hall–Kier alpha value is -2.81. The third-order valence-corrected chi connectivity index (χ3v) is 4.07. The van der Waals surface area contributed by atoms with Crippen LogP contribution in [0, 0.1) is 5.82 Å². The number of nitrogens with zero attached hydrogens (tertiary/aromatic N) is 2. The summed E-state index contributed by atoms with van der Waals surface area (Å²) in [5.41, 5.74) is 2.39. The van der Waals surface area contributed by atoms with Crippen LogP contribution in [0.4, 0.5) is 17.6 Å². The first kappa shape index (κ1) is 23.5. The Bertz CT molecular complexity index is 836. The van der Waals surface area contributed by atoms with Crippen molar-refractivity contribution in [2.75, 3.05) is 27.7 Å². The SMILES string of the molecule is CN=C(NCc1ccc(OCC(F)(F)F)cc1)NCc1ccc(F)c(CN(C)C)c1. The van der Waals surface area contributed by atoms with Crippen LogP contribution < -0.4 is 15.4 Å². The predicted octanol–water partition coefficient (Wildman–Crippen LogP) is 3.69. The van der Waals surface area contributed by atoms with Gasteiger partial charge in [0.25, 0.3) is 0 Å². The lowest BCUT2D eigenvalue weighted by Crippen LogP contribution is -2.36. The Labute approximate surface area is 173 Å². The summed E-state index contributed by atoms with van der Waals surface area (Å²) in [4.78, 5) is 6.04. The summed E-state index contributed by atoms with van der Waals surface area (Å²) < 4.78 is 55.1. The third-order valence-electron chi connectivity index (χ3n) is 4.07. The van der Waals surface area contributed by atoms with E-state index in [1.165, 1.54) is 18.2 Å². The van der Waals surface area contributed by atoms with Crippen molar-refractivity contribution in [2.24, 2.45) is 4.99 Å². The average molecular weight is 426 g/mol. The lowest BCUT2D eigenvalue weighted by Gasteiger charge is -2.15. The molecule has 0 aliphatic heterocycles. The second-order valence-corrected chi connectivity index (χ2v) is 6.99. The van der Waals surface area contributed by atoms with Gasteiger partial charge in [-0.3, -0.25) is 4.99 Å². The zero-order chi connectivity index (χ0) is 22.1. The molecule has 2 aromatic carbocycles. The van der Waals surface area contributed by atoms with Gasteiger partial charge in [-0.15, -0.1) is 0 Å². The van der Waals surface area contributed by atoms with Crippen molar-refractivity contribution in [3.63, 3.8) is 0 Å². The lowest BCUT2D eigenvalue weighted by molar-refractivity contribution is -0.153. The standard InChI is InChI=1S/C21H26F4N4O/c1-26-20(28-12-16-6-9-19(22)17(10-16)13-29(2)3)27-11-15-4-7-18(8-5-15)30-14-21(23,24)25/h4-10H,11-14H2,1-3H3,(H2,26,27,28). The summed E-state index contributed by atoms with van der Waals surface area (Å²) >= 11 is 0. The van der Waals surface area contributed by atoms with Crippen LogP contribution in [0.25, 0.3) is 0 Å². The van der Waals surface area contributed by atoms with Crippen LogP contribution in [0.2, 0.25) is 0 Å². The molecule has 0 spiro atoms. The summed E-state index contributed by atoms with van der Waals surface area (Å²) in [6.45, 7) is 0.0786. The molecule has 2 N–H and O–H groups in total. The molecule has 2 aromatic rings. The van der Waals surface area contributed by atoms with Crippen LogP contribution in [0.15, 0.2) is 47.5 Å². The van der Waals surface area contributed by atoms with E-state index in [0.717, 1.165) is 11.1 Å². The van der Waals surface area contributed by atoms with E-state index < -0.39 is 12.8 Å². The summed E-state index contributed by atoms with van der Waals surface area (Å²) in [5, 5.41) is 6.28. The van der Waals surface area contributed by atoms with Crippen molar-refractivity contribution in [1.29, 1.82) is 0 Å². The smallest absolute Gasteiger partial charge is 0.422 e. The lowest BCUT2D eigenvalue weighted by atomic mass is 10.1. The molecular formula is C21H26F4N4O. The Kier molecular flexibility index (Phi) is 8.46. The molecule has 9 heteroatoms. The second-order valence-electron chi connectivity index (χ2n) is 6.99. The maximum Gasteiger partial charge on any atom is 0.422 e. The highest BCUT2D eigenvalue weighted by Gasteiger charge is 2.28. The van der Waals surface area contributed by atoms with Gasteiger partial charge in [0.05, 0.1) is 0 Å². The number of hydrogen-bond donors (Lipinski definition) is 2. The number of benzene rings is 2. The Morgan fingerprint density at radius 2 is 1.60 bits per heavy atom. The maximum absolute atomic E-state index is 13.9. The number of alkyl halides is 3. The van der Waals surface area contributed by atoms with Crippen molar-refractivity contribution >= 4 is 5.96 Å². The number of guanidine groups is 1. The van der Waals surface area contributed by atoms with Gasteiger partial charge in [0.15, 0.2) is 12.6 Å². The molecule has 0 aromatic heterocycles. The normalized spacial score (nSPS) is 12.2. The number of hydrogen-bond acceptors (Lipinski definition) is 3. The largest absolute Gasteiger partial charge is 0.484 e. The fraction of sp³-hybridized carbons (Fsp3) is 0.381. The van der Waals surface area contributed by atoms with Crippen LogP contribution in [0.1, 0.15) is 16.7 Å². The third kappa shape index (κ3) is 8.28. The Morgan fingerprint density at radius 1 is 1.00 bits per heavy atom. The molecule has 0 atom stereocenters. The van der Waals surface area contributed by atoms with Gasteiger partial charge >= 0.3 is 6.18 Å². The molecule has 164 valence electrons. The van der Waals surface area contributed by atoms with E-state index in [9.17, 15) is 17.6 Å². The molecular weight excluding hydrogens is 400 g/mol. The zero-order valence-electron chi connectivity index (χ0n) is 17.2. The van der Waals surface area contributed by atoms with E-state index in [1.807, 2.05) is 25.1 Å². The highest BCUT2D eigenvalue weighted by Crippen LogP contribution is 2.19. The predicted molar refractivity (Wildman–Crippen MR) is 109 cm³/mol. The molecule has 5 nitrogen and oxygen atoms in total. The number of halogens is 4. The molecule has 0 radical (unpaired) electrons. The van der Waals surface area contributed by atoms with Crippen molar-refractivity contribution in [3.05, 3.63) is 65.0 Å². The molecule has 0 fully saturated rings. The summed E-state index contributed by atoms with van der Waals surface area (Å²) in [6, 6.07) is 11.3. The first-order valence-electron chi connectivity index (χ1n) is 9.31. The fourth-order valence-corrected chi connectivity index (χ4v) is 2.66. The Morgan fingerprint density at radius 3 is 2.17 bits per heavy atom. The van der Waals surface area contributed by atoms with Crippen LogP contribution in [0.3, 0.4) is 0 Å². The van der Waals surface area contributed by atoms with E-state index in [2.05, 4.69) is 15.6 Å². The number of nitrogens with one attached hydrogen (secondary N) is 2. The first-order chi connectivity index (χ1) is 14.2. The van der Waals surface area contributed by atoms with Gasteiger partial charge < -0.3 is 20.3 Å². The Balaban J connectivity index is 1.85. The number of rotatable bonds is 8. The molecule has 0 heterocycles. The average Bonchev–Trinajstić information content (AvgIpc) is 2.68. The highest BCUT2D eigenvalue weighted by atomic mass is 19.4. The minimum atomic E-state index is -4.36. The molecule has 0 saturated heterocycles. The first-order valence-corrected chi connectivity index (χ1v) is 9.31. The van der Waals surface area contributed by atoms with Crippen LogP contribution in [-0.2, 0) is 19.6 Å². The molecule has 0 aliphatic carbocycles. The minimum Gasteiger partial charge on any atom is -0.484 e. The minimum absolute atomic E-state index is 0.156. The van der Waals surface area contributed by atoms with E-state index in [0.29, 0.717) is 31.2 Å². The van der Waals surface area contributed by atoms with Crippen LogP contribution in [0.5, 0.6) is 5.75 Å². The number of ether oxygens (including phenoxy) is 1. The molecule has 30 heavy (non-hydrogen) atoms. The molecule has 0 bridgehead atoms. The second kappa shape index (κ2) is 10.8. The van der Waals surface area contributed by atoms with E-state index in [1.54, 1.807) is 25.2 Å². The monoisotopic (exact) mass is 426 g/mol. The zero-order valence-corrected chi connectivity index (χ0v) is 17.2. The van der Waals surface area contributed by atoms with E-state index in [-0.39, 0.29) is 11.6 Å². The molecule has 0 aliphatic rings. The summed E-state index contributed by atoms with van der Waals surface area (Å²) in [7, 11) is 5.39. The van der Waals surface area contributed by atoms with Gasteiger partial charge in [-0.1, -0.05) is 18.2 Å². The topological polar surface area (TPSA) is 48.9 Å². The van der Waals surface area contributed by atoms with Crippen molar-refractivity contribution in [1.82, 2.24) is 15.5 Å². The maximum atomic E-state index is 13.9. The summed E-state index contributed by atoms with van der Waals surface area (Å²) in [5.74, 6) is 0.465. The highest BCUT2D eigenvalue weighted by molar-refractivity contribution is 5.79. The molecule has 0 saturated carbocycles. The van der Waals surface area contributed by atoms with Crippen LogP contribution >= 0.6 is 0 Å². The molecule has 0 amide bonds. The van der Waals surface area contributed by atoms with Gasteiger partial charge in [0, 0.05) is 32.2 Å². The van der Waals surface area contributed by atoms with Gasteiger partial charge in [-0.25, -0.2) is 4.39 Å². The van der Waals surface area contributed by atoms with Gasteiger partial charge in [0.2, 0.25) is 0 Å².